The van der Waals surface area contributed by atoms with Gasteiger partial charge in [0.2, 0.25) is 0 Å². The van der Waals surface area contributed by atoms with Crippen molar-refractivity contribution in [2.75, 3.05) is 13.7 Å². The molecule has 0 amide bonds. The van der Waals surface area contributed by atoms with Crippen LogP contribution in [0, 0.1) is 0 Å². The highest BCUT2D eigenvalue weighted by Gasteiger charge is 2.07. The summed E-state index contributed by atoms with van der Waals surface area (Å²) in [6.45, 7) is 0.385. The second-order valence-electron chi connectivity index (χ2n) is 4.28. The Kier molecular flexibility index (Phi) is 5.16. The van der Waals surface area contributed by atoms with Gasteiger partial charge in [-0.3, -0.25) is 4.79 Å². The van der Waals surface area contributed by atoms with E-state index in [0.717, 1.165) is 5.56 Å². The molecule has 0 unspecified atom stereocenters. The maximum absolute atomic E-state index is 12.0. The zero-order valence-electron chi connectivity index (χ0n) is 11.1. The van der Waals surface area contributed by atoms with Crippen molar-refractivity contribution in [3.63, 3.8) is 0 Å². The molecule has 104 valence electrons. The van der Waals surface area contributed by atoms with E-state index in [0.29, 0.717) is 22.9 Å². The third kappa shape index (κ3) is 4.08. The SMILES string of the molecule is COc1cccc(C(=O)COCc2cccc(Cl)c2)c1. The Labute approximate surface area is 123 Å². The topological polar surface area (TPSA) is 35.5 Å². The second-order valence-corrected chi connectivity index (χ2v) is 4.71. The molecule has 0 heterocycles. The molecular formula is C16H15ClO3. The van der Waals surface area contributed by atoms with Crippen LogP contribution in [0.3, 0.4) is 0 Å². The van der Waals surface area contributed by atoms with Crippen molar-refractivity contribution >= 4 is 17.4 Å². The van der Waals surface area contributed by atoms with Crippen molar-refractivity contribution < 1.29 is 14.3 Å². The molecule has 0 spiro atoms. The predicted octanol–water partition coefficient (Wildman–Crippen LogP) is 3.75. The molecule has 2 aromatic carbocycles. The molecular weight excluding hydrogens is 276 g/mol. The number of carbonyl (C=O) groups excluding carboxylic acids is 1. The lowest BCUT2D eigenvalue weighted by molar-refractivity contribution is 0.0726. The lowest BCUT2D eigenvalue weighted by atomic mass is 10.1. The first-order valence-corrected chi connectivity index (χ1v) is 6.56. The first kappa shape index (κ1) is 14.6. The molecule has 0 bridgehead atoms. The number of methoxy groups -OCH3 is 1. The lowest BCUT2D eigenvalue weighted by Gasteiger charge is -2.06. The van der Waals surface area contributed by atoms with Gasteiger partial charge in [-0.2, -0.15) is 0 Å². The minimum Gasteiger partial charge on any atom is -0.497 e. The average molecular weight is 291 g/mol. The fourth-order valence-electron chi connectivity index (χ4n) is 1.77. The molecule has 0 N–H and O–H groups in total. The van der Waals surface area contributed by atoms with Crippen LogP contribution in [0.15, 0.2) is 48.5 Å². The van der Waals surface area contributed by atoms with Crippen molar-refractivity contribution in [1.29, 1.82) is 0 Å². The van der Waals surface area contributed by atoms with Gasteiger partial charge in [0.05, 0.1) is 13.7 Å². The van der Waals surface area contributed by atoms with Crippen LogP contribution in [0.2, 0.25) is 5.02 Å². The Morgan fingerprint density at radius 1 is 1.15 bits per heavy atom. The highest BCUT2D eigenvalue weighted by molar-refractivity contribution is 6.30. The van der Waals surface area contributed by atoms with E-state index in [1.54, 1.807) is 37.4 Å². The van der Waals surface area contributed by atoms with Gasteiger partial charge in [-0.15, -0.1) is 0 Å². The van der Waals surface area contributed by atoms with E-state index in [9.17, 15) is 4.79 Å². The monoisotopic (exact) mass is 290 g/mol. The van der Waals surface area contributed by atoms with E-state index in [2.05, 4.69) is 0 Å². The molecule has 0 aliphatic carbocycles. The van der Waals surface area contributed by atoms with E-state index < -0.39 is 0 Å². The van der Waals surface area contributed by atoms with Crippen LogP contribution in [0.1, 0.15) is 15.9 Å². The number of halogens is 1. The molecule has 4 heteroatoms. The first-order chi connectivity index (χ1) is 9.69. The fraction of sp³-hybridized carbons (Fsp3) is 0.188. The molecule has 3 nitrogen and oxygen atoms in total. The van der Waals surface area contributed by atoms with Crippen LogP contribution in [0.5, 0.6) is 5.75 Å². The summed E-state index contributed by atoms with van der Waals surface area (Å²) in [5.74, 6) is 0.580. The Morgan fingerprint density at radius 2 is 1.95 bits per heavy atom. The molecule has 0 atom stereocenters. The van der Waals surface area contributed by atoms with Crippen molar-refractivity contribution in [2.24, 2.45) is 0 Å². The highest BCUT2D eigenvalue weighted by Crippen LogP contribution is 2.14. The van der Waals surface area contributed by atoms with Gasteiger partial charge < -0.3 is 9.47 Å². The maximum Gasteiger partial charge on any atom is 0.188 e. The van der Waals surface area contributed by atoms with Gasteiger partial charge >= 0.3 is 0 Å². The molecule has 20 heavy (non-hydrogen) atoms. The van der Waals surface area contributed by atoms with Crippen LogP contribution in [-0.2, 0) is 11.3 Å². The summed E-state index contributed by atoms with van der Waals surface area (Å²) in [6, 6.07) is 14.4. The number of Topliss-reactive ketones (excluding diaryl/α,β-unsaturated/α-hetero) is 1. The molecule has 0 fully saturated rings. The Balaban J connectivity index is 1.89. The summed E-state index contributed by atoms with van der Waals surface area (Å²) in [6.07, 6.45) is 0. The number of hydrogen-bond acceptors (Lipinski definition) is 3. The number of rotatable bonds is 6. The van der Waals surface area contributed by atoms with Crippen LogP contribution in [0.25, 0.3) is 0 Å². The third-order valence-electron chi connectivity index (χ3n) is 2.78. The molecule has 2 rings (SSSR count). The number of carbonyl (C=O) groups is 1. The number of hydrogen-bond donors (Lipinski definition) is 0. The van der Waals surface area contributed by atoms with Gasteiger partial charge in [-0.1, -0.05) is 35.9 Å². The van der Waals surface area contributed by atoms with E-state index in [1.165, 1.54) is 0 Å². The van der Waals surface area contributed by atoms with Crippen LogP contribution >= 0.6 is 11.6 Å². The summed E-state index contributed by atoms with van der Waals surface area (Å²) in [7, 11) is 1.57. The van der Waals surface area contributed by atoms with Crippen LogP contribution in [0.4, 0.5) is 0 Å². The molecule has 0 radical (unpaired) electrons. The van der Waals surface area contributed by atoms with Gasteiger partial charge in [0, 0.05) is 10.6 Å². The van der Waals surface area contributed by atoms with Crippen molar-refractivity contribution in [3.05, 3.63) is 64.7 Å². The van der Waals surface area contributed by atoms with Crippen LogP contribution < -0.4 is 4.74 Å². The van der Waals surface area contributed by atoms with Gasteiger partial charge in [-0.05, 0) is 29.8 Å². The number of benzene rings is 2. The summed E-state index contributed by atoms with van der Waals surface area (Å²) in [5, 5.41) is 0.658. The van der Waals surface area contributed by atoms with Crippen molar-refractivity contribution in [2.45, 2.75) is 6.61 Å². The molecule has 0 aliphatic rings. The normalized spacial score (nSPS) is 10.3. The molecule has 0 saturated heterocycles. The molecule has 0 aliphatic heterocycles. The van der Waals surface area contributed by atoms with Gasteiger partial charge in [0.15, 0.2) is 5.78 Å². The van der Waals surface area contributed by atoms with Crippen LogP contribution in [-0.4, -0.2) is 19.5 Å². The van der Waals surface area contributed by atoms with Gasteiger partial charge in [-0.25, -0.2) is 0 Å². The maximum atomic E-state index is 12.0. The zero-order valence-corrected chi connectivity index (χ0v) is 11.9. The minimum absolute atomic E-state index is 0.0275. The predicted molar refractivity (Wildman–Crippen MR) is 78.4 cm³/mol. The molecule has 2 aromatic rings. The van der Waals surface area contributed by atoms with E-state index in [1.807, 2.05) is 18.2 Å². The van der Waals surface area contributed by atoms with Crippen molar-refractivity contribution in [3.8, 4) is 5.75 Å². The highest BCUT2D eigenvalue weighted by atomic mass is 35.5. The fourth-order valence-corrected chi connectivity index (χ4v) is 1.98. The first-order valence-electron chi connectivity index (χ1n) is 6.18. The summed E-state index contributed by atoms with van der Waals surface area (Å²) < 4.78 is 10.5. The average Bonchev–Trinajstić information content (AvgIpc) is 2.47. The van der Waals surface area contributed by atoms with Crippen molar-refractivity contribution in [1.82, 2.24) is 0 Å². The quantitative estimate of drug-likeness (QED) is 0.760. The van der Waals surface area contributed by atoms with E-state index in [4.69, 9.17) is 21.1 Å². The molecule has 0 saturated carbocycles. The largest absolute Gasteiger partial charge is 0.497 e. The lowest BCUT2D eigenvalue weighted by Crippen LogP contribution is -2.09. The Hall–Kier alpha value is -1.84. The van der Waals surface area contributed by atoms with Gasteiger partial charge in [0.25, 0.3) is 0 Å². The smallest absolute Gasteiger partial charge is 0.188 e. The summed E-state index contributed by atoms with van der Waals surface area (Å²) >= 11 is 5.88. The Bertz CT molecular complexity index is 596. The molecule has 0 aromatic heterocycles. The standard InChI is InChI=1S/C16H15ClO3/c1-19-15-7-3-5-13(9-15)16(18)11-20-10-12-4-2-6-14(17)8-12/h2-9H,10-11H2,1H3. The third-order valence-corrected chi connectivity index (χ3v) is 3.02. The zero-order chi connectivity index (χ0) is 14.4. The number of ketones is 1. The second kappa shape index (κ2) is 7.08. The van der Waals surface area contributed by atoms with Gasteiger partial charge in [0.1, 0.15) is 12.4 Å². The summed E-state index contributed by atoms with van der Waals surface area (Å²) in [5.41, 5.74) is 1.52. The van der Waals surface area contributed by atoms with E-state index in [-0.39, 0.29) is 12.4 Å². The van der Waals surface area contributed by atoms with E-state index >= 15 is 0 Å². The minimum atomic E-state index is -0.0778. The number of ether oxygens (including phenoxy) is 2. The summed E-state index contributed by atoms with van der Waals surface area (Å²) in [4.78, 5) is 12.0. The Morgan fingerprint density at radius 3 is 2.70 bits per heavy atom.